The Balaban J connectivity index is 2.24. The second-order valence-corrected chi connectivity index (χ2v) is 4.97. The first-order valence-electron chi connectivity index (χ1n) is 5.62. The van der Waals surface area contributed by atoms with Crippen molar-refractivity contribution in [2.75, 3.05) is 0 Å². The van der Waals surface area contributed by atoms with Gasteiger partial charge in [0.05, 0.1) is 11.8 Å². The van der Waals surface area contributed by atoms with Crippen molar-refractivity contribution in [3.63, 3.8) is 0 Å². The number of amides is 1. The van der Waals surface area contributed by atoms with Gasteiger partial charge in [-0.1, -0.05) is 12.1 Å². The average molecular weight is 383 g/mol. The molecule has 0 aliphatic rings. The van der Waals surface area contributed by atoms with E-state index >= 15 is 0 Å². The lowest BCUT2D eigenvalue weighted by molar-refractivity contribution is -0.132. The summed E-state index contributed by atoms with van der Waals surface area (Å²) in [4.78, 5) is 23.2. The van der Waals surface area contributed by atoms with Gasteiger partial charge in [0, 0.05) is 9.65 Å². The summed E-state index contributed by atoms with van der Waals surface area (Å²) in [7, 11) is 0. The van der Waals surface area contributed by atoms with Crippen molar-refractivity contribution in [2.45, 2.75) is 0 Å². The van der Waals surface area contributed by atoms with E-state index in [1.807, 2.05) is 22.6 Å². The highest BCUT2D eigenvalue weighted by atomic mass is 127. The van der Waals surface area contributed by atoms with Crippen molar-refractivity contribution < 1.29 is 19.1 Å². The number of halogens is 1. The van der Waals surface area contributed by atoms with Gasteiger partial charge >= 0.3 is 5.97 Å². The van der Waals surface area contributed by atoms with Crippen LogP contribution in [0.2, 0.25) is 0 Å². The van der Waals surface area contributed by atoms with E-state index in [0.717, 1.165) is 3.57 Å². The summed E-state index contributed by atoms with van der Waals surface area (Å²) in [5.41, 5.74) is 0.171. The maximum atomic E-state index is 12.1. The van der Waals surface area contributed by atoms with Crippen LogP contribution in [0.15, 0.2) is 52.8 Å². The Morgan fingerprint density at radius 3 is 2.55 bits per heavy atom. The van der Waals surface area contributed by atoms with Gasteiger partial charge in [0.25, 0.3) is 5.91 Å². The molecule has 0 spiro atoms. The van der Waals surface area contributed by atoms with Gasteiger partial charge in [0.1, 0.15) is 11.5 Å². The van der Waals surface area contributed by atoms with Gasteiger partial charge in [-0.15, -0.1) is 0 Å². The molecule has 1 aromatic carbocycles. The predicted molar refractivity (Wildman–Crippen MR) is 80.9 cm³/mol. The van der Waals surface area contributed by atoms with E-state index in [1.165, 1.54) is 12.3 Å². The molecule has 0 atom stereocenters. The van der Waals surface area contributed by atoms with Crippen LogP contribution in [0.5, 0.6) is 0 Å². The molecule has 0 fully saturated rings. The van der Waals surface area contributed by atoms with Crippen LogP contribution in [0.3, 0.4) is 0 Å². The Labute approximate surface area is 128 Å². The van der Waals surface area contributed by atoms with Gasteiger partial charge in [-0.25, -0.2) is 4.79 Å². The second-order valence-electron chi connectivity index (χ2n) is 3.81. The zero-order valence-electron chi connectivity index (χ0n) is 10.2. The molecule has 0 unspecified atom stereocenters. The predicted octanol–water partition coefficient (Wildman–Crippen LogP) is 2.74. The second kappa shape index (κ2) is 6.38. The minimum atomic E-state index is -1.24. The summed E-state index contributed by atoms with van der Waals surface area (Å²) in [5.74, 6) is -1.36. The highest BCUT2D eigenvalue weighted by Gasteiger charge is 2.15. The summed E-state index contributed by atoms with van der Waals surface area (Å²) in [6.07, 6.45) is 2.68. The molecule has 5 nitrogen and oxygen atoms in total. The lowest BCUT2D eigenvalue weighted by atomic mass is 10.2. The van der Waals surface area contributed by atoms with Crippen LogP contribution >= 0.6 is 22.6 Å². The van der Waals surface area contributed by atoms with Crippen molar-refractivity contribution in [2.24, 2.45) is 0 Å². The number of benzene rings is 1. The number of carbonyl (C=O) groups is 2. The van der Waals surface area contributed by atoms with Gasteiger partial charge in [-0.3, -0.25) is 4.79 Å². The average Bonchev–Trinajstić information content (AvgIpc) is 2.91. The molecule has 0 saturated heterocycles. The summed E-state index contributed by atoms with van der Waals surface area (Å²) in [6, 6.07) is 10.1. The van der Waals surface area contributed by atoms with Gasteiger partial charge < -0.3 is 14.8 Å². The Hall–Kier alpha value is -2.09. The number of aliphatic carboxylic acids is 1. The van der Waals surface area contributed by atoms with Crippen LogP contribution in [-0.4, -0.2) is 17.0 Å². The number of rotatable bonds is 4. The fraction of sp³-hybridized carbons (Fsp3) is 0. The SMILES string of the molecule is O=C(O)C(=Cc1ccco1)NC(=O)c1ccccc1I. The van der Waals surface area contributed by atoms with E-state index in [9.17, 15) is 9.59 Å². The molecule has 0 radical (unpaired) electrons. The van der Waals surface area contributed by atoms with Gasteiger partial charge in [0.2, 0.25) is 0 Å². The first kappa shape index (κ1) is 14.3. The van der Waals surface area contributed by atoms with Crippen LogP contribution in [0.1, 0.15) is 16.1 Å². The fourth-order valence-electron chi connectivity index (χ4n) is 1.50. The maximum Gasteiger partial charge on any atom is 0.352 e. The third kappa shape index (κ3) is 3.47. The number of hydrogen-bond acceptors (Lipinski definition) is 3. The molecule has 2 N–H and O–H groups in total. The molecule has 0 bridgehead atoms. The molecular weight excluding hydrogens is 373 g/mol. The third-order valence-corrected chi connectivity index (χ3v) is 3.37. The highest BCUT2D eigenvalue weighted by molar-refractivity contribution is 14.1. The van der Waals surface area contributed by atoms with Crippen molar-refractivity contribution in [1.29, 1.82) is 0 Å². The molecule has 0 aliphatic heterocycles. The number of carbonyl (C=O) groups excluding carboxylic acids is 1. The summed E-state index contributed by atoms with van der Waals surface area (Å²) in [6.45, 7) is 0. The number of carboxylic acid groups (broad SMARTS) is 1. The Bertz CT molecular complexity index is 662. The molecule has 0 saturated carbocycles. The minimum Gasteiger partial charge on any atom is -0.477 e. The lowest BCUT2D eigenvalue weighted by Gasteiger charge is -2.07. The van der Waals surface area contributed by atoms with E-state index in [1.54, 1.807) is 36.4 Å². The third-order valence-electron chi connectivity index (χ3n) is 2.43. The molecule has 1 aromatic heterocycles. The van der Waals surface area contributed by atoms with Crippen LogP contribution in [0, 0.1) is 3.57 Å². The molecular formula is C14H10INO4. The molecule has 1 amide bonds. The summed E-state index contributed by atoms with van der Waals surface area (Å²) >= 11 is 2.02. The topological polar surface area (TPSA) is 79.5 Å². The monoisotopic (exact) mass is 383 g/mol. The van der Waals surface area contributed by atoms with Gasteiger partial charge in [-0.05, 0) is 46.9 Å². The van der Waals surface area contributed by atoms with Crippen molar-refractivity contribution >= 4 is 40.5 Å². The molecule has 102 valence electrons. The number of hydrogen-bond donors (Lipinski definition) is 2. The fourth-order valence-corrected chi connectivity index (χ4v) is 2.13. The summed E-state index contributed by atoms with van der Waals surface area (Å²) in [5, 5.41) is 11.5. The Morgan fingerprint density at radius 1 is 1.20 bits per heavy atom. The molecule has 0 aliphatic carbocycles. The largest absolute Gasteiger partial charge is 0.477 e. The van der Waals surface area contributed by atoms with Gasteiger partial charge in [-0.2, -0.15) is 0 Å². The lowest BCUT2D eigenvalue weighted by Crippen LogP contribution is -2.27. The van der Waals surface area contributed by atoms with Crippen LogP contribution in [0.25, 0.3) is 6.08 Å². The number of furan rings is 1. The first-order chi connectivity index (χ1) is 9.58. The van der Waals surface area contributed by atoms with Gasteiger partial charge in [0.15, 0.2) is 0 Å². The zero-order valence-corrected chi connectivity index (χ0v) is 12.3. The highest BCUT2D eigenvalue weighted by Crippen LogP contribution is 2.12. The standard InChI is InChI=1S/C14H10INO4/c15-11-6-2-1-5-10(11)13(17)16-12(14(18)19)8-9-4-3-7-20-9/h1-8H,(H,16,17)(H,18,19). The van der Waals surface area contributed by atoms with E-state index in [2.05, 4.69) is 5.32 Å². The van der Waals surface area contributed by atoms with Crippen molar-refractivity contribution in [3.8, 4) is 0 Å². The van der Waals surface area contributed by atoms with E-state index in [4.69, 9.17) is 9.52 Å². The molecule has 2 aromatic rings. The van der Waals surface area contributed by atoms with Crippen LogP contribution in [0.4, 0.5) is 0 Å². The summed E-state index contributed by atoms with van der Waals surface area (Å²) < 4.78 is 5.77. The molecule has 1 heterocycles. The Kier molecular flexibility index (Phi) is 4.57. The molecule has 2 rings (SSSR count). The van der Waals surface area contributed by atoms with Crippen molar-refractivity contribution in [1.82, 2.24) is 5.32 Å². The van der Waals surface area contributed by atoms with Crippen molar-refractivity contribution in [3.05, 3.63) is 63.3 Å². The smallest absolute Gasteiger partial charge is 0.352 e. The van der Waals surface area contributed by atoms with Crippen LogP contribution < -0.4 is 5.32 Å². The Morgan fingerprint density at radius 2 is 1.95 bits per heavy atom. The van der Waals surface area contributed by atoms with E-state index in [-0.39, 0.29) is 5.70 Å². The maximum absolute atomic E-state index is 12.1. The molecule has 20 heavy (non-hydrogen) atoms. The first-order valence-corrected chi connectivity index (χ1v) is 6.70. The van der Waals surface area contributed by atoms with E-state index < -0.39 is 11.9 Å². The normalized spacial score (nSPS) is 11.2. The zero-order chi connectivity index (χ0) is 14.5. The quantitative estimate of drug-likeness (QED) is 0.629. The number of carboxylic acids is 1. The van der Waals surface area contributed by atoms with Crippen LogP contribution in [-0.2, 0) is 4.79 Å². The minimum absolute atomic E-state index is 0.246. The molecule has 6 heteroatoms. The van der Waals surface area contributed by atoms with E-state index in [0.29, 0.717) is 11.3 Å². The number of nitrogens with one attached hydrogen (secondary N) is 1.